The van der Waals surface area contributed by atoms with Crippen molar-refractivity contribution in [3.63, 3.8) is 0 Å². The summed E-state index contributed by atoms with van der Waals surface area (Å²) in [5.41, 5.74) is -0.564. The summed E-state index contributed by atoms with van der Waals surface area (Å²) in [5, 5.41) is 2.81. The van der Waals surface area contributed by atoms with Crippen LogP contribution in [0.15, 0.2) is 0 Å². The lowest BCUT2D eigenvalue weighted by Crippen LogP contribution is -2.45. The minimum Gasteiger partial charge on any atom is -0.444 e. The number of carbonyl (C=O) groups excluding carboxylic acids is 1. The van der Waals surface area contributed by atoms with Crippen molar-refractivity contribution < 1.29 is 9.53 Å². The third kappa shape index (κ3) is 6.34. The summed E-state index contributed by atoms with van der Waals surface area (Å²) in [6, 6.07) is -0.0765. The molecule has 0 bridgehead atoms. The van der Waals surface area contributed by atoms with Gasteiger partial charge in [0.1, 0.15) is 5.60 Å². The lowest BCUT2D eigenvalue weighted by molar-refractivity contribution is 0.0466. The topological polar surface area (TPSA) is 38.3 Å². The summed E-state index contributed by atoms with van der Waals surface area (Å²) in [5.74, 6) is 2.57. The van der Waals surface area contributed by atoms with Gasteiger partial charge < -0.3 is 10.1 Å². The molecule has 1 amide bonds. The van der Waals surface area contributed by atoms with Gasteiger partial charge in [0, 0.05) is 12.5 Å². The Balaban J connectivity index is 4.43. The summed E-state index contributed by atoms with van der Waals surface area (Å²) in [6.45, 7) is 11.6. The molecule has 0 fully saturated rings. The van der Waals surface area contributed by atoms with E-state index < -0.39 is 11.7 Å². The first-order valence-electron chi connectivity index (χ1n) is 5.49. The van der Waals surface area contributed by atoms with Gasteiger partial charge >= 0.3 is 6.09 Å². The third-order valence-electron chi connectivity index (χ3n) is 2.06. The second-order valence-corrected chi connectivity index (χ2v) is 5.97. The van der Waals surface area contributed by atoms with Crippen LogP contribution in [0.4, 0.5) is 4.79 Å². The predicted octanol–water partition coefficient (Wildman–Crippen LogP) is 2.95. The zero-order valence-corrected chi connectivity index (χ0v) is 11.2. The van der Waals surface area contributed by atoms with Gasteiger partial charge in [-0.2, -0.15) is 0 Å². The third-order valence-corrected chi connectivity index (χ3v) is 2.06. The summed E-state index contributed by atoms with van der Waals surface area (Å²) >= 11 is 0. The van der Waals surface area contributed by atoms with Crippen molar-refractivity contribution in [3.8, 4) is 12.3 Å². The lowest BCUT2D eigenvalue weighted by Gasteiger charge is -2.31. The van der Waals surface area contributed by atoms with Crippen LogP contribution < -0.4 is 5.32 Å². The van der Waals surface area contributed by atoms with Crippen LogP contribution in [0.5, 0.6) is 0 Å². The van der Waals surface area contributed by atoms with Gasteiger partial charge in [-0.3, -0.25) is 0 Å². The monoisotopic (exact) mass is 225 g/mol. The summed E-state index contributed by atoms with van der Waals surface area (Å²) in [7, 11) is 0. The van der Waals surface area contributed by atoms with Crippen LogP contribution in [0.25, 0.3) is 0 Å². The first-order valence-corrected chi connectivity index (χ1v) is 5.49. The molecule has 0 aromatic rings. The van der Waals surface area contributed by atoms with Crippen molar-refractivity contribution in [2.24, 2.45) is 5.41 Å². The molecule has 0 spiro atoms. The maximum atomic E-state index is 11.6. The molecule has 0 aliphatic heterocycles. The Kier molecular flexibility index (Phi) is 4.86. The van der Waals surface area contributed by atoms with E-state index in [1.165, 1.54) is 0 Å². The van der Waals surface area contributed by atoms with Crippen LogP contribution in [0, 0.1) is 17.8 Å². The molecule has 1 atom stereocenters. The Morgan fingerprint density at radius 3 is 2.12 bits per heavy atom. The van der Waals surface area contributed by atoms with Crippen LogP contribution in [-0.2, 0) is 4.74 Å². The highest BCUT2D eigenvalue weighted by Gasteiger charge is 2.27. The molecule has 0 aromatic carbocycles. The second-order valence-electron chi connectivity index (χ2n) is 5.97. The molecule has 16 heavy (non-hydrogen) atoms. The molecule has 0 rings (SSSR count). The van der Waals surface area contributed by atoms with Crippen LogP contribution in [-0.4, -0.2) is 17.7 Å². The molecule has 0 saturated carbocycles. The summed E-state index contributed by atoms with van der Waals surface area (Å²) in [4.78, 5) is 11.6. The molecule has 92 valence electrons. The molecule has 0 radical (unpaired) electrons. The number of ether oxygens (including phenoxy) is 1. The fraction of sp³-hybridized carbons (Fsp3) is 0.769. The second kappa shape index (κ2) is 5.25. The van der Waals surface area contributed by atoms with Gasteiger partial charge in [0.2, 0.25) is 0 Å². The van der Waals surface area contributed by atoms with Crippen molar-refractivity contribution in [1.82, 2.24) is 5.32 Å². The fourth-order valence-electron chi connectivity index (χ4n) is 1.14. The number of nitrogens with one attached hydrogen (secondary N) is 1. The molecule has 0 aliphatic rings. The van der Waals surface area contributed by atoms with E-state index in [4.69, 9.17) is 11.2 Å². The number of rotatable bonds is 2. The van der Waals surface area contributed by atoms with Crippen LogP contribution in [0.3, 0.4) is 0 Å². The molecule has 0 heterocycles. The molecule has 1 N–H and O–H groups in total. The first-order chi connectivity index (χ1) is 7.06. The van der Waals surface area contributed by atoms with Gasteiger partial charge in [0.05, 0.1) is 0 Å². The van der Waals surface area contributed by atoms with Crippen LogP contribution >= 0.6 is 0 Å². The average Bonchev–Trinajstić information content (AvgIpc) is 1.97. The van der Waals surface area contributed by atoms with E-state index in [1.807, 2.05) is 41.5 Å². The standard InChI is InChI=1S/C13H23NO2/c1-8-9-10(12(2,3)4)14-11(15)16-13(5,6)7/h1,10H,9H2,2-7H3,(H,14,15). The van der Waals surface area contributed by atoms with E-state index in [1.54, 1.807) is 0 Å². The highest BCUT2D eigenvalue weighted by atomic mass is 16.6. The summed E-state index contributed by atoms with van der Waals surface area (Å²) in [6.07, 6.45) is 5.38. The quantitative estimate of drug-likeness (QED) is 0.734. The average molecular weight is 225 g/mol. The van der Waals surface area contributed by atoms with E-state index >= 15 is 0 Å². The van der Waals surface area contributed by atoms with Crippen molar-refractivity contribution in [3.05, 3.63) is 0 Å². The maximum absolute atomic E-state index is 11.6. The van der Waals surface area contributed by atoms with E-state index in [2.05, 4.69) is 11.2 Å². The number of amides is 1. The Labute approximate surface area is 98.9 Å². The Hall–Kier alpha value is -1.17. The number of carbonyl (C=O) groups is 1. The molecule has 0 aliphatic carbocycles. The SMILES string of the molecule is C#CCC(NC(=O)OC(C)(C)C)C(C)(C)C. The van der Waals surface area contributed by atoms with Crippen molar-refractivity contribution in [2.75, 3.05) is 0 Å². The van der Waals surface area contributed by atoms with Gasteiger partial charge in [-0.05, 0) is 26.2 Å². The highest BCUT2D eigenvalue weighted by Crippen LogP contribution is 2.22. The smallest absolute Gasteiger partial charge is 0.407 e. The van der Waals surface area contributed by atoms with E-state index in [9.17, 15) is 4.79 Å². The number of alkyl carbamates (subject to hydrolysis) is 1. The van der Waals surface area contributed by atoms with Crippen molar-refractivity contribution in [1.29, 1.82) is 0 Å². The molecule has 3 heteroatoms. The normalized spacial score (nSPS) is 13.8. The number of terminal acetylenes is 1. The van der Waals surface area contributed by atoms with Gasteiger partial charge in [-0.15, -0.1) is 12.3 Å². The molecule has 3 nitrogen and oxygen atoms in total. The van der Waals surface area contributed by atoms with Crippen LogP contribution in [0.2, 0.25) is 0 Å². The minimum absolute atomic E-state index is 0.0765. The Bertz CT molecular complexity index is 276. The number of hydrogen-bond donors (Lipinski definition) is 1. The van der Waals surface area contributed by atoms with Crippen LogP contribution in [0.1, 0.15) is 48.0 Å². The van der Waals surface area contributed by atoms with Gasteiger partial charge in [-0.1, -0.05) is 20.8 Å². The minimum atomic E-state index is -0.483. The molecule has 1 unspecified atom stereocenters. The van der Waals surface area contributed by atoms with Gasteiger partial charge in [0.15, 0.2) is 0 Å². The van der Waals surface area contributed by atoms with Crippen molar-refractivity contribution >= 4 is 6.09 Å². The zero-order chi connectivity index (χ0) is 13.0. The Morgan fingerprint density at radius 1 is 1.31 bits per heavy atom. The van der Waals surface area contributed by atoms with Crippen molar-refractivity contribution in [2.45, 2.75) is 59.6 Å². The van der Waals surface area contributed by atoms with E-state index in [-0.39, 0.29) is 11.5 Å². The van der Waals surface area contributed by atoms with E-state index in [0.29, 0.717) is 6.42 Å². The van der Waals surface area contributed by atoms with E-state index in [0.717, 1.165) is 0 Å². The molecule has 0 saturated heterocycles. The molecule has 0 aromatic heterocycles. The van der Waals surface area contributed by atoms with Gasteiger partial charge in [0.25, 0.3) is 0 Å². The fourth-order valence-corrected chi connectivity index (χ4v) is 1.14. The zero-order valence-electron chi connectivity index (χ0n) is 11.2. The summed E-state index contributed by atoms with van der Waals surface area (Å²) < 4.78 is 5.19. The Morgan fingerprint density at radius 2 is 1.81 bits per heavy atom. The maximum Gasteiger partial charge on any atom is 0.407 e. The lowest BCUT2D eigenvalue weighted by atomic mass is 9.85. The number of hydrogen-bond acceptors (Lipinski definition) is 2. The highest BCUT2D eigenvalue weighted by molar-refractivity contribution is 5.68. The molecular weight excluding hydrogens is 202 g/mol. The van der Waals surface area contributed by atoms with Gasteiger partial charge in [-0.25, -0.2) is 4.79 Å². The molecular formula is C13H23NO2. The predicted molar refractivity (Wildman–Crippen MR) is 66.1 cm³/mol. The first kappa shape index (κ1) is 14.8. The largest absolute Gasteiger partial charge is 0.444 e.